The van der Waals surface area contributed by atoms with Gasteiger partial charge in [0, 0.05) is 5.69 Å². The summed E-state index contributed by atoms with van der Waals surface area (Å²) in [5.74, 6) is -0.946. The molecule has 0 heterocycles. The number of benzene rings is 2. The van der Waals surface area contributed by atoms with Gasteiger partial charge in [-0.25, -0.2) is 4.79 Å². The van der Waals surface area contributed by atoms with Gasteiger partial charge in [-0.2, -0.15) is 0 Å². The van der Waals surface area contributed by atoms with Crippen molar-refractivity contribution in [1.82, 2.24) is 0 Å². The molecule has 0 atom stereocenters. The second kappa shape index (κ2) is 5.19. The second-order valence-corrected chi connectivity index (χ2v) is 3.90. The molecule has 3 nitrogen and oxygen atoms in total. The van der Waals surface area contributed by atoms with Crippen molar-refractivity contribution in [2.24, 2.45) is 0 Å². The van der Waals surface area contributed by atoms with Crippen molar-refractivity contribution in [2.75, 3.05) is 5.73 Å². The zero-order valence-electron chi connectivity index (χ0n) is 9.71. The zero-order valence-corrected chi connectivity index (χ0v) is 9.71. The number of nitrogen functional groups attached to an aromatic ring is 1. The van der Waals surface area contributed by atoms with Gasteiger partial charge in [0.05, 0.1) is 5.57 Å². The minimum atomic E-state index is -0.946. The van der Waals surface area contributed by atoms with E-state index in [2.05, 4.69) is 0 Å². The molecule has 0 aliphatic heterocycles. The van der Waals surface area contributed by atoms with Crippen LogP contribution >= 0.6 is 0 Å². The number of nitrogens with two attached hydrogens (primary N) is 1. The standard InChI is InChI=1S/C15H13NO2/c16-13-8-6-11(7-9-13)10-14(15(17)18)12-4-2-1-3-5-12/h1-10H,16H2,(H,17,18)/b14-10-. The Balaban J connectivity index is 2.43. The lowest BCUT2D eigenvalue weighted by Gasteiger charge is -2.03. The first-order chi connectivity index (χ1) is 8.66. The van der Waals surface area contributed by atoms with Crippen LogP contribution in [0, 0.1) is 0 Å². The van der Waals surface area contributed by atoms with Crippen molar-refractivity contribution in [2.45, 2.75) is 0 Å². The molecule has 0 aromatic heterocycles. The minimum absolute atomic E-state index is 0.264. The van der Waals surface area contributed by atoms with Gasteiger partial charge in [-0.1, -0.05) is 42.5 Å². The normalized spacial score (nSPS) is 11.2. The number of carboxylic acid groups (broad SMARTS) is 1. The molecule has 0 saturated carbocycles. The van der Waals surface area contributed by atoms with E-state index in [1.54, 1.807) is 42.5 Å². The van der Waals surface area contributed by atoms with E-state index in [9.17, 15) is 9.90 Å². The van der Waals surface area contributed by atoms with E-state index < -0.39 is 5.97 Å². The fraction of sp³-hybridized carbons (Fsp3) is 0. The van der Waals surface area contributed by atoms with Crippen molar-refractivity contribution in [3.63, 3.8) is 0 Å². The highest BCUT2D eigenvalue weighted by Crippen LogP contribution is 2.19. The Labute approximate surface area is 105 Å². The van der Waals surface area contributed by atoms with Gasteiger partial charge >= 0.3 is 5.97 Å². The predicted molar refractivity (Wildman–Crippen MR) is 72.8 cm³/mol. The lowest BCUT2D eigenvalue weighted by molar-refractivity contribution is -0.130. The van der Waals surface area contributed by atoms with Gasteiger partial charge in [0.1, 0.15) is 0 Å². The van der Waals surface area contributed by atoms with E-state index in [-0.39, 0.29) is 5.57 Å². The largest absolute Gasteiger partial charge is 0.478 e. The highest BCUT2D eigenvalue weighted by Gasteiger charge is 2.09. The number of carbonyl (C=O) groups is 1. The van der Waals surface area contributed by atoms with Gasteiger partial charge < -0.3 is 10.8 Å². The maximum Gasteiger partial charge on any atom is 0.336 e. The third kappa shape index (κ3) is 2.77. The molecule has 0 spiro atoms. The number of anilines is 1. The fourth-order valence-corrected chi connectivity index (χ4v) is 1.65. The molecule has 3 N–H and O–H groups in total. The Kier molecular flexibility index (Phi) is 3.44. The van der Waals surface area contributed by atoms with Gasteiger partial charge in [-0.15, -0.1) is 0 Å². The Hall–Kier alpha value is -2.55. The highest BCUT2D eigenvalue weighted by molar-refractivity contribution is 6.20. The summed E-state index contributed by atoms with van der Waals surface area (Å²) in [7, 11) is 0. The third-order valence-corrected chi connectivity index (χ3v) is 2.56. The molecule has 0 radical (unpaired) electrons. The number of rotatable bonds is 3. The maximum atomic E-state index is 11.3. The van der Waals surface area contributed by atoms with E-state index in [0.29, 0.717) is 11.3 Å². The molecule has 18 heavy (non-hydrogen) atoms. The summed E-state index contributed by atoms with van der Waals surface area (Å²) in [5.41, 5.74) is 8.00. The molecular weight excluding hydrogens is 226 g/mol. The van der Waals surface area contributed by atoms with Crippen LogP contribution < -0.4 is 5.73 Å². The van der Waals surface area contributed by atoms with Gasteiger partial charge in [-0.05, 0) is 29.3 Å². The zero-order chi connectivity index (χ0) is 13.0. The van der Waals surface area contributed by atoms with E-state index >= 15 is 0 Å². The van der Waals surface area contributed by atoms with Gasteiger partial charge in [0.2, 0.25) is 0 Å². The summed E-state index contributed by atoms with van der Waals surface area (Å²) in [5, 5.41) is 9.25. The quantitative estimate of drug-likeness (QED) is 0.491. The lowest BCUT2D eigenvalue weighted by atomic mass is 10.0. The van der Waals surface area contributed by atoms with Crippen molar-refractivity contribution in [3.05, 3.63) is 65.7 Å². The summed E-state index contributed by atoms with van der Waals surface area (Å²) < 4.78 is 0. The minimum Gasteiger partial charge on any atom is -0.478 e. The highest BCUT2D eigenvalue weighted by atomic mass is 16.4. The third-order valence-electron chi connectivity index (χ3n) is 2.56. The average Bonchev–Trinajstić information content (AvgIpc) is 2.38. The Morgan fingerprint density at radius 1 is 1.00 bits per heavy atom. The number of carboxylic acids is 1. The lowest BCUT2D eigenvalue weighted by Crippen LogP contribution is -1.99. The molecule has 2 aromatic carbocycles. The van der Waals surface area contributed by atoms with Crippen molar-refractivity contribution < 1.29 is 9.90 Å². The summed E-state index contributed by atoms with van der Waals surface area (Å²) in [6.45, 7) is 0. The monoisotopic (exact) mass is 239 g/mol. The predicted octanol–water partition coefficient (Wildman–Crippen LogP) is 2.89. The first kappa shape index (κ1) is 11.9. The van der Waals surface area contributed by atoms with Crippen molar-refractivity contribution >= 4 is 23.3 Å². The first-order valence-electron chi connectivity index (χ1n) is 5.53. The molecule has 0 fully saturated rings. The summed E-state index contributed by atoms with van der Waals surface area (Å²) >= 11 is 0. The summed E-state index contributed by atoms with van der Waals surface area (Å²) in [6.07, 6.45) is 1.64. The van der Waals surface area contributed by atoms with E-state index in [4.69, 9.17) is 5.73 Å². The molecule has 0 bridgehead atoms. The topological polar surface area (TPSA) is 63.3 Å². The molecular formula is C15H13NO2. The SMILES string of the molecule is Nc1ccc(/C=C(\C(=O)O)c2ccccc2)cc1. The maximum absolute atomic E-state index is 11.3. The van der Waals surface area contributed by atoms with Crippen LogP contribution in [0.15, 0.2) is 54.6 Å². The molecule has 3 heteroatoms. The van der Waals surface area contributed by atoms with E-state index in [0.717, 1.165) is 5.56 Å². The van der Waals surface area contributed by atoms with E-state index in [1.165, 1.54) is 0 Å². The number of aliphatic carboxylic acids is 1. The fourth-order valence-electron chi connectivity index (χ4n) is 1.65. The summed E-state index contributed by atoms with van der Waals surface area (Å²) in [6, 6.07) is 16.1. The molecule has 90 valence electrons. The molecule has 2 aromatic rings. The molecule has 0 amide bonds. The van der Waals surface area contributed by atoms with Gasteiger partial charge in [-0.3, -0.25) is 0 Å². The Morgan fingerprint density at radius 3 is 2.17 bits per heavy atom. The Morgan fingerprint density at radius 2 is 1.61 bits per heavy atom. The molecule has 2 rings (SSSR count). The van der Waals surface area contributed by atoms with Crippen LogP contribution in [0.5, 0.6) is 0 Å². The average molecular weight is 239 g/mol. The second-order valence-electron chi connectivity index (χ2n) is 3.90. The van der Waals surface area contributed by atoms with Crippen molar-refractivity contribution in [1.29, 1.82) is 0 Å². The summed E-state index contributed by atoms with van der Waals surface area (Å²) in [4.78, 5) is 11.3. The Bertz CT molecular complexity index is 571. The van der Waals surface area contributed by atoms with Crippen LogP contribution in [-0.2, 0) is 4.79 Å². The first-order valence-corrected chi connectivity index (χ1v) is 5.53. The van der Waals surface area contributed by atoms with Crippen LogP contribution in [0.1, 0.15) is 11.1 Å². The number of hydrogen-bond acceptors (Lipinski definition) is 2. The van der Waals surface area contributed by atoms with Crippen LogP contribution in [-0.4, -0.2) is 11.1 Å². The van der Waals surface area contributed by atoms with E-state index in [1.807, 2.05) is 18.2 Å². The van der Waals surface area contributed by atoms with Crippen LogP contribution in [0.2, 0.25) is 0 Å². The van der Waals surface area contributed by atoms with Gasteiger partial charge in [0.15, 0.2) is 0 Å². The smallest absolute Gasteiger partial charge is 0.336 e. The number of hydrogen-bond donors (Lipinski definition) is 2. The molecule has 0 unspecified atom stereocenters. The van der Waals surface area contributed by atoms with Crippen LogP contribution in [0.25, 0.3) is 11.6 Å². The van der Waals surface area contributed by atoms with Crippen LogP contribution in [0.3, 0.4) is 0 Å². The molecule has 0 aliphatic carbocycles. The molecule has 0 saturated heterocycles. The molecule has 0 aliphatic rings. The van der Waals surface area contributed by atoms with Gasteiger partial charge in [0.25, 0.3) is 0 Å². The van der Waals surface area contributed by atoms with Crippen LogP contribution in [0.4, 0.5) is 5.69 Å². The van der Waals surface area contributed by atoms with Crippen molar-refractivity contribution in [3.8, 4) is 0 Å².